The number of rotatable bonds is 8. The van der Waals surface area contributed by atoms with Gasteiger partial charge in [0.15, 0.2) is 0 Å². The zero-order valence-corrected chi connectivity index (χ0v) is 20.4. The van der Waals surface area contributed by atoms with Gasteiger partial charge in [0, 0.05) is 37.9 Å². The predicted octanol–water partition coefficient (Wildman–Crippen LogP) is 4.04. The van der Waals surface area contributed by atoms with Crippen molar-refractivity contribution < 1.29 is 23.1 Å². The molecule has 0 bridgehead atoms. The number of carbonyl (C=O) groups is 1. The van der Waals surface area contributed by atoms with Crippen LogP contribution < -0.4 is 14.4 Å². The molecule has 0 unspecified atom stereocenters. The number of benzene rings is 2. The summed E-state index contributed by atoms with van der Waals surface area (Å²) in [6.07, 6.45) is 6.42. The average molecular weight is 488 g/mol. The normalized spacial score (nSPS) is 18.0. The van der Waals surface area contributed by atoms with Crippen LogP contribution in [0.2, 0.25) is 0 Å². The third kappa shape index (κ3) is 5.64. The lowest BCUT2D eigenvalue weighted by atomic mass is 9.94. The number of piperazine rings is 1. The summed E-state index contributed by atoms with van der Waals surface area (Å²) in [5.74, 6) is -0.491. The Labute approximate surface area is 201 Å². The van der Waals surface area contributed by atoms with E-state index in [-0.39, 0.29) is 16.1 Å². The molecule has 8 nitrogen and oxygen atoms in total. The maximum Gasteiger partial charge on any atom is 0.337 e. The van der Waals surface area contributed by atoms with Crippen LogP contribution in [0.1, 0.15) is 49.4 Å². The van der Waals surface area contributed by atoms with Crippen molar-refractivity contribution in [1.29, 1.82) is 0 Å². The number of carboxylic acids is 1. The Bertz CT molecular complexity index is 1090. The standard InChI is InChI=1S/C25H33N3O5S/c1-2-33-21-9-11-22(12-10-21)34(31,32)26-19-8-13-24(23(18-19)25(29)30)28-16-14-27(15-17-28)20-6-4-3-5-7-20/h8-13,18,20,26H,2-7,14-17H2,1H3,(H,29,30). The Morgan fingerprint density at radius 2 is 1.71 bits per heavy atom. The van der Waals surface area contributed by atoms with Crippen molar-refractivity contribution in [1.82, 2.24) is 4.90 Å². The first-order valence-corrected chi connectivity index (χ1v) is 13.5. The van der Waals surface area contributed by atoms with E-state index >= 15 is 0 Å². The first kappa shape index (κ1) is 24.3. The zero-order valence-electron chi connectivity index (χ0n) is 19.6. The van der Waals surface area contributed by atoms with Gasteiger partial charge < -0.3 is 14.7 Å². The highest BCUT2D eigenvalue weighted by Gasteiger charge is 2.27. The van der Waals surface area contributed by atoms with Crippen LogP contribution in [0, 0.1) is 0 Å². The summed E-state index contributed by atoms with van der Waals surface area (Å²) in [4.78, 5) is 16.7. The molecule has 1 aliphatic heterocycles. The van der Waals surface area contributed by atoms with Crippen LogP contribution in [-0.4, -0.2) is 63.2 Å². The number of nitrogens with zero attached hydrogens (tertiary/aromatic N) is 2. The first-order chi connectivity index (χ1) is 16.4. The molecule has 0 radical (unpaired) electrons. The SMILES string of the molecule is CCOc1ccc(S(=O)(=O)Nc2ccc(N3CCN(C4CCCCC4)CC3)c(C(=O)O)c2)cc1. The zero-order chi connectivity index (χ0) is 24.1. The van der Waals surface area contributed by atoms with E-state index in [9.17, 15) is 18.3 Å². The number of hydrogen-bond donors (Lipinski definition) is 2. The number of anilines is 2. The molecule has 9 heteroatoms. The maximum atomic E-state index is 12.8. The minimum absolute atomic E-state index is 0.0794. The van der Waals surface area contributed by atoms with Crippen molar-refractivity contribution in [3.63, 3.8) is 0 Å². The summed E-state index contributed by atoms with van der Waals surface area (Å²) in [5.41, 5.74) is 0.939. The fourth-order valence-electron chi connectivity index (χ4n) is 4.92. The van der Waals surface area contributed by atoms with Gasteiger partial charge in [-0.25, -0.2) is 13.2 Å². The van der Waals surface area contributed by atoms with Gasteiger partial charge in [-0.1, -0.05) is 19.3 Å². The molecule has 0 amide bonds. The van der Waals surface area contributed by atoms with E-state index in [1.165, 1.54) is 50.3 Å². The van der Waals surface area contributed by atoms with Crippen molar-refractivity contribution in [2.24, 2.45) is 0 Å². The molecule has 4 rings (SSSR count). The topological polar surface area (TPSA) is 99.2 Å². The van der Waals surface area contributed by atoms with Crippen molar-refractivity contribution in [3.8, 4) is 5.75 Å². The number of aromatic carboxylic acids is 1. The minimum Gasteiger partial charge on any atom is -0.494 e. The molecule has 2 aliphatic rings. The Hall–Kier alpha value is -2.78. The second-order valence-corrected chi connectivity index (χ2v) is 10.5. The van der Waals surface area contributed by atoms with Crippen LogP contribution >= 0.6 is 0 Å². The Balaban J connectivity index is 1.46. The van der Waals surface area contributed by atoms with E-state index in [4.69, 9.17) is 4.74 Å². The lowest BCUT2D eigenvalue weighted by molar-refractivity contribution is 0.0697. The van der Waals surface area contributed by atoms with Gasteiger partial charge in [-0.3, -0.25) is 9.62 Å². The van der Waals surface area contributed by atoms with Crippen LogP contribution in [0.3, 0.4) is 0 Å². The van der Waals surface area contributed by atoms with E-state index in [1.807, 2.05) is 6.92 Å². The minimum atomic E-state index is -3.86. The van der Waals surface area contributed by atoms with Crippen molar-refractivity contribution in [2.75, 3.05) is 42.4 Å². The number of sulfonamides is 1. The van der Waals surface area contributed by atoms with Crippen molar-refractivity contribution in [2.45, 2.75) is 50.0 Å². The first-order valence-electron chi connectivity index (χ1n) is 12.0. The van der Waals surface area contributed by atoms with E-state index in [2.05, 4.69) is 14.5 Å². The van der Waals surface area contributed by atoms with Crippen LogP contribution in [0.25, 0.3) is 0 Å². The number of hydrogen-bond acceptors (Lipinski definition) is 6. The monoisotopic (exact) mass is 487 g/mol. The summed E-state index contributed by atoms with van der Waals surface area (Å²) in [5, 5.41) is 9.84. The van der Waals surface area contributed by atoms with Gasteiger partial charge in [0.1, 0.15) is 5.75 Å². The number of carboxylic acid groups (broad SMARTS) is 1. The molecule has 2 fully saturated rings. The highest BCUT2D eigenvalue weighted by atomic mass is 32.2. The lowest BCUT2D eigenvalue weighted by Crippen LogP contribution is -2.51. The van der Waals surface area contributed by atoms with Gasteiger partial charge in [-0.2, -0.15) is 0 Å². The molecule has 0 aromatic heterocycles. The van der Waals surface area contributed by atoms with E-state index < -0.39 is 16.0 Å². The molecule has 0 spiro atoms. The summed E-state index contributed by atoms with van der Waals surface area (Å²) >= 11 is 0. The fourth-order valence-corrected chi connectivity index (χ4v) is 5.97. The molecule has 1 aliphatic carbocycles. The molecule has 0 atom stereocenters. The molecular weight excluding hydrogens is 454 g/mol. The molecule has 1 saturated heterocycles. The summed E-state index contributed by atoms with van der Waals surface area (Å²) < 4.78 is 33.5. The van der Waals surface area contributed by atoms with Gasteiger partial charge in [0.05, 0.1) is 22.8 Å². The smallest absolute Gasteiger partial charge is 0.337 e. The Kier molecular flexibility index (Phi) is 7.63. The predicted molar refractivity (Wildman–Crippen MR) is 132 cm³/mol. The van der Waals surface area contributed by atoms with Gasteiger partial charge in [0.25, 0.3) is 10.0 Å². The molecule has 1 saturated carbocycles. The highest BCUT2D eigenvalue weighted by molar-refractivity contribution is 7.92. The number of nitrogens with one attached hydrogen (secondary N) is 1. The van der Waals surface area contributed by atoms with Gasteiger partial charge in [0.2, 0.25) is 0 Å². The van der Waals surface area contributed by atoms with E-state index in [0.29, 0.717) is 24.1 Å². The van der Waals surface area contributed by atoms with Crippen molar-refractivity contribution >= 4 is 27.4 Å². The molecule has 34 heavy (non-hydrogen) atoms. The highest BCUT2D eigenvalue weighted by Crippen LogP contribution is 2.29. The number of ether oxygens (including phenoxy) is 1. The summed E-state index contributed by atoms with van der Waals surface area (Å²) in [6.45, 7) is 5.69. The van der Waals surface area contributed by atoms with Crippen LogP contribution in [0.4, 0.5) is 11.4 Å². The van der Waals surface area contributed by atoms with Crippen molar-refractivity contribution in [3.05, 3.63) is 48.0 Å². The molecule has 2 aromatic carbocycles. The second kappa shape index (κ2) is 10.7. The Morgan fingerprint density at radius 1 is 1.03 bits per heavy atom. The molecule has 184 valence electrons. The van der Waals surface area contributed by atoms with Crippen LogP contribution in [0.15, 0.2) is 47.4 Å². The summed E-state index contributed by atoms with van der Waals surface area (Å²) in [6, 6.07) is 11.5. The fraction of sp³-hybridized carbons (Fsp3) is 0.480. The van der Waals surface area contributed by atoms with Crippen LogP contribution in [0.5, 0.6) is 5.75 Å². The molecule has 2 N–H and O–H groups in total. The largest absolute Gasteiger partial charge is 0.494 e. The lowest BCUT2D eigenvalue weighted by Gasteiger charge is -2.41. The van der Waals surface area contributed by atoms with Gasteiger partial charge in [-0.05, 0) is 62.2 Å². The Morgan fingerprint density at radius 3 is 2.32 bits per heavy atom. The van der Waals surface area contributed by atoms with E-state index in [1.54, 1.807) is 24.3 Å². The van der Waals surface area contributed by atoms with Gasteiger partial charge in [-0.15, -0.1) is 0 Å². The van der Waals surface area contributed by atoms with E-state index in [0.717, 1.165) is 26.2 Å². The molecular formula is C25H33N3O5S. The molecule has 2 aromatic rings. The summed E-state index contributed by atoms with van der Waals surface area (Å²) in [7, 11) is -3.86. The third-order valence-corrected chi connectivity index (χ3v) is 8.07. The second-order valence-electron chi connectivity index (χ2n) is 8.86. The maximum absolute atomic E-state index is 12.8. The van der Waals surface area contributed by atoms with Crippen LogP contribution in [-0.2, 0) is 10.0 Å². The van der Waals surface area contributed by atoms with Gasteiger partial charge >= 0.3 is 5.97 Å². The molecule has 1 heterocycles. The quantitative estimate of drug-likeness (QED) is 0.580. The average Bonchev–Trinajstić information content (AvgIpc) is 2.85. The third-order valence-electron chi connectivity index (χ3n) is 6.67.